The van der Waals surface area contributed by atoms with E-state index in [4.69, 9.17) is 0 Å². The van der Waals surface area contributed by atoms with E-state index in [2.05, 4.69) is 4.98 Å². The van der Waals surface area contributed by atoms with Crippen LogP contribution >= 0.6 is 0 Å². The highest BCUT2D eigenvalue weighted by atomic mass is 16.3. The third kappa shape index (κ3) is 2.90. The number of aromatic nitrogens is 2. The van der Waals surface area contributed by atoms with E-state index in [1.54, 1.807) is 4.90 Å². The lowest BCUT2D eigenvalue weighted by molar-refractivity contribution is -0.154. The third-order valence-corrected chi connectivity index (χ3v) is 6.04. The van der Waals surface area contributed by atoms with Gasteiger partial charge in [0.05, 0.1) is 11.0 Å². The SMILES string of the molecule is CN1CCCC2(CCCN2C(=O)CCn2c(CO)nc3ccccc32)C1=O. The number of nitrogens with zero attached hydrogens (tertiary/aromatic N) is 4. The first-order valence-corrected chi connectivity index (χ1v) is 9.68. The molecule has 0 bridgehead atoms. The van der Waals surface area contributed by atoms with Gasteiger partial charge < -0.3 is 19.5 Å². The molecule has 2 aliphatic heterocycles. The number of para-hydroxylation sites is 2. The summed E-state index contributed by atoms with van der Waals surface area (Å²) in [5, 5.41) is 9.63. The van der Waals surface area contributed by atoms with Crippen LogP contribution in [0.1, 0.15) is 37.9 Å². The standard InChI is InChI=1S/C20H26N4O3/c1-22-11-4-9-20(19(22)27)10-5-12-24(20)18(26)8-13-23-16-7-3-2-6-15(16)21-17(23)14-25/h2-3,6-7,25H,4-5,8-14H2,1H3. The zero-order valence-electron chi connectivity index (χ0n) is 15.7. The molecule has 1 unspecified atom stereocenters. The Balaban J connectivity index is 1.54. The molecule has 1 aromatic heterocycles. The lowest BCUT2D eigenvalue weighted by Gasteiger charge is -2.43. The molecule has 2 aromatic rings. The summed E-state index contributed by atoms with van der Waals surface area (Å²) in [5.41, 5.74) is 1.09. The largest absolute Gasteiger partial charge is 0.388 e. The van der Waals surface area contributed by atoms with Crippen molar-refractivity contribution in [2.75, 3.05) is 20.1 Å². The molecule has 2 fully saturated rings. The van der Waals surface area contributed by atoms with Crippen LogP contribution in [-0.2, 0) is 22.7 Å². The molecule has 2 amide bonds. The number of benzene rings is 1. The van der Waals surface area contributed by atoms with E-state index >= 15 is 0 Å². The fourth-order valence-electron chi connectivity index (χ4n) is 4.73. The van der Waals surface area contributed by atoms with Crippen molar-refractivity contribution in [3.8, 4) is 0 Å². The van der Waals surface area contributed by atoms with Crippen molar-refractivity contribution < 1.29 is 14.7 Å². The molecule has 27 heavy (non-hydrogen) atoms. The van der Waals surface area contributed by atoms with Crippen LogP contribution in [-0.4, -0.2) is 61.9 Å². The van der Waals surface area contributed by atoms with E-state index in [0.29, 0.717) is 25.3 Å². The van der Waals surface area contributed by atoms with Crippen LogP contribution < -0.4 is 0 Å². The number of carbonyl (C=O) groups excluding carboxylic acids is 2. The van der Waals surface area contributed by atoms with Crippen molar-refractivity contribution in [2.45, 2.75) is 50.8 Å². The fraction of sp³-hybridized carbons (Fsp3) is 0.550. The first kappa shape index (κ1) is 18.0. The number of aryl methyl sites for hydroxylation is 1. The van der Waals surface area contributed by atoms with Crippen LogP contribution in [0.2, 0.25) is 0 Å². The minimum Gasteiger partial charge on any atom is -0.388 e. The van der Waals surface area contributed by atoms with Crippen LogP contribution in [0.4, 0.5) is 0 Å². The molecule has 3 heterocycles. The lowest BCUT2D eigenvalue weighted by Crippen LogP contribution is -2.60. The molecule has 7 heteroatoms. The van der Waals surface area contributed by atoms with Crippen LogP contribution in [0, 0.1) is 0 Å². The van der Waals surface area contributed by atoms with Crippen LogP contribution in [0.3, 0.4) is 0 Å². The Morgan fingerprint density at radius 2 is 1.96 bits per heavy atom. The third-order valence-electron chi connectivity index (χ3n) is 6.04. The molecule has 4 rings (SSSR count). The maximum Gasteiger partial charge on any atom is 0.248 e. The van der Waals surface area contributed by atoms with E-state index < -0.39 is 5.54 Å². The summed E-state index contributed by atoms with van der Waals surface area (Å²) in [6.45, 7) is 1.70. The number of hydrogen-bond donors (Lipinski definition) is 1. The highest BCUT2D eigenvalue weighted by Gasteiger charge is 2.51. The summed E-state index contributed by atoms with van der Waals surface area (Å²) in [4.78, 5) is 33.9. The molecule has 144 valence electrons. The predicted molar refractivity (Wildman–Crippen MR) is 101 cm³/mol. The highest BCUT2D eigenvalue weighted by molar-refractivity contribution is 5.92. The van der Waals surface area contributed by atoms with Crippen molar-refractivity contribution in [2.24, 2.45) is 0 Å². The number of piperidine rings is 1. The molecular formula is C20H26N4O3. The first-order chi connectivity index (χ1) is 13.1. The van der Waals surface area contributed by atoms with Gasteiger partial charge in [0.25, 0.3) is 0 Å². The Morgan fingerprint density at radius 1 is 1.22 bits per heavy atom. The zero-order chi connectivity index (χ0) is 19.0. The van der Waals surface area contributed by atoms with E-state index in [1.165, 1.54) is 0 Å². The average molecular weight is 370 g/mol. The smallest absolute Gasteiger partial charge is 0.248 e. The van der Waals surface area contributed by atoms with Gasteiger partial charge in [0.1, 0.15) is 18.0 Å². The van der Waals surface area contributed by atoms with Crippen LogP contribution in [0.5, 0.6) is 0 Å². The molecule has 0 aliphatic carbocycles. The molecular weight excluding hydrogens is 344 g/mol. The van der Waals surface area contributed by atoms with Gasteiger partial charge in [-0.3, -0.25) is 9.59 Å². The zero-order valence-corrected chi connectivity index (χ0v) is 15.7. The van der Waals surface area contributed by atoms with Crippen molar-refractivity contribution in [1.29, 1.82) is 0 Å². The Bertz CT molecular complexity index is 877. The molecule has 7 nitrogen and oxygen atoms in total. The predicted octanol–water partition coefficient (Wildman–Crippen LogP) is 1.53. The van der Waals surface area contributed by atoms with E-state index in [0.717, 1.165) is 43.3 Å². The van der Waals surface area contributed by atoms with Crippen molar-refractivity contribution >= 4 is 22.8 Å². The number of imidazole rings is 1. The lowest BCUT2D eigenvalue weighted by atomic mass is 9.85. The molecule has 2 saturated heterocycles. The van der Waals surface area contributed by atoms with Gasteiger partial charge in [-0.1, -0.05) is 12.1 Å². The minimum absolute atomic E-state index is 0.0119. The number of amides is 2. The van der Waals surface area contributed by atoms with E-state index in [1.807, 2.05) is 40.8 Å². The van der Waals surface area contributed by atoms with Gasteiger partial charge in [0, 0.05) is 33.1 Å². The summed E-state index contributed by atoms with van der Waals surface area (Å²) < 4.78 is 1.91. The first-order valence-electron chi connectivity index (χ1n) is 9.68. The molecule has 1 atom stereocenters. The number of likely N-dealkylation sites (N-methyl/N-ethyl adjacent to an activating group) is 1. The second-order valence-electron chi connectivity index (χ2n) is 7.59. The Labute approximate surface area is 158 Å². The average Bonchev–Trinajstić information content (AvgIpc) is 3.26. The minimum atomic E-state index is -0.638. The number of fused-ring (bicyclic) bond motifs is 1. The number of rotatable bonds is 4. The second-order valence-corrected chi connectivity index (χ2v) is 7.59. The van der Waals surface area contributed by atoms with Gasteiger partial charge in [-0.25, -0.2) is 4.98 Å². The van der Waals surface area contributed by atoms with Gasteiger partial charge in [0.2, 0.25) is 11.8 Å². The molecule has 2 aliphatic rings. The van der Waals surface area contributed by atoms with Crippen LogP contribution in [0.25, 0.3) is 11.0 Å². The van der Waals surface area contributed by atoms with Crippen LogP contribution in [0.15, 0.2) is 24.3 Å². The quantitative estimate of drug-likeness (QED) is 0.885. The van der Waals surface area contributed by atoms with Gasteiger partial charge in [-0.2, -0.15) is 0 Å². The molecule has 1 N–H and O–H groups in total. The highest BCUT2D eigenvalue weighted by Crippen LogP contribution is 2.38. The van der Waals surface area contributed by atoms with Gasteiger partial charge in [-0.05, 0) is 37.8 Å². The Morgan fingerprint density at radius 3 is 2.74 bits per heavy atom. The summed E-state index contributed by atoms with van der Waals surface area (Å²) >= 11 is 0. The second kappa shape index (κ2) is 6.96. The number of aliphatic hydroxyl groups excluding tert-OH is 1. The van der Waals surface area contributed by atoms with E-state index in [9.17, 15) is 14.7 Å². The van der Waals surface area contributed by atoms with Gasteiger partial charge in [0.15, 0.2) is 0 Å². The molecule has 0 radical (unpaired) electrons. The summed E-state index contributed by atoms with van der Waals surface area (Å²) in [5.74, 6) is 0.662. The van der Waals surface area contributed by atoms with Crippen molar-refractivity contribution in [3.63, 3.8) is 0 Å². The summed E-state index contributed by atoms with van der Waals surface area (Å²) in [7, 11) is 1.83. The van der Waals surface area contributed by atoms with E-state index in [-0.39, 0.29) is 18.4 Å². The Kier molecular flexibility index (Phi) is 4.63. The maximum absolute atomic E-state index is 13.1. The summed E-state index contributed by atoms with van der Waals surface area (Å²) in [6.07, 6.45) is 3.63. The monoisotopic (exact) mass is 370 g/mol. The molecule has 1 aromatic carbocycles. The maximum atomic E-state index is 13.1. The van der Waals surface area contributed by atoms with Crippen molar-refractivity contribution in [3.05, 3.63) is 30.1 Å². The van der Waals surface area contributed by atoms with Gasteiger partial charge in [-0.15, -0.1) is 0 Å². The van der Waals surface area contributed by atoms with Crippen molar-refractivity contribution in [1.82, 2.24) is 19.4 Å². The number of carbonyl (C=O) groups is 2. The topological polar surface area (TPSA) is 78.7 Å². The molecule has 0 saturated carbocycles. The normalized spacial score (nSPS) is 23.0. The Hall–Kier alpha value is -2.41. The fourth-order valence-corrected chi connectivity index (χ4v) is 4.73. The molecule has 1 spiro atoms. The summed E-state index contributed by atoms with van der Waals surface area (Å²) in [6, 6.07) is 7.68. The number of hydrogen-bond acceptors (Lipinski definition) is 4. The number of likely N-dealkylation sites (tertiary alicyclic amines) is 2. The van der Waals surface area contributed by atoms with Gasteiger partial charge >= 0.3 is 0 Å². The number of aliphatic hydroxyl groups is 1.